The maximum Gasteiger partial charge on any atom is 0.258 e. The van der Waals surface area contributed by atoms with E-state index in [9.17, 15) is 23.5 Å². The number of halogens is 2. The van der Waals surface area contributed by atoms with E-state index >= 15 is 0 Å². The van der Waals surface area contributed by atoms with Crippen LogP contribution in [0.25, 0.3) is 0 Å². The van der Waals surface area contributed by atoms with Crippen LogP contribution in [-0.4, -0.2) is 52.0 Å². The lowest BCUT2D eigenvalue weighted by Gasteiger charge is -2.39. The Balaban J connectivity index is 1.29. The van der Waals surface area contributed by atoms with Crippen LogP contribution in [0, 0.1) is 11.6 Å². The van der Waals surface area contributed by atoms with Gasteiger partial charge in [-0.2, -0.15) is 0 Å². The molecule has 3 atom stereocenters. The van der Waals surface area contributed by atoms with Gasteiger partial charge in [0.1, 0.15) is 34.4 Å². The van der Waals surface area contributed by atoms with Gasteiger partial charge in [0.15, 0.2) is 0 Å². The monoisotopic (exact) mass is 509 g/mol. The van der Waals surface area contributed by atoms with Crippen LogP contribution in [0.3, 0.4) is 0 Å². The van der Waals surface area contributed by atoms with E-state index in [0.29, 0.717) is 18.6 Å². The molecule has 1 aromatic heterocycles. The Morgan fingerprint density at radius 3 is 2.30 bits per heavy atom. The molecule has 0 radical (unpaired) electrons. The molecule has 2 saturated heterocycles. The second-order valence-electron chi connectivity index (χ2n) is 9.18. The molecule has 0 spiro atoms. The lowest BCUT2D eigenvalue weighted by atomic mass is 9.95. The molecular weight excluding hydrogens is 484 g/mol. The van der Waals surface area contributed by atoms with Crippen molar-refractivity contribution in [3.63, 3.8) is 0 Å². The number of phenols is 1. The lowest BCUT2D eigenvalue weighted by Crippen LogP contribution is -2.52. The van der Waals surface area contributed by atoms with E-state index in [1.807, 2.05) is 0 Å². The number of amides is 2. The number of ether oxygens (including phenoxy) is 2. The number of carbonyl (C=O) groups is 2. The first-order chi connectivity index (χ1) is 17.8. The van der Waals surface area contributed by atoms with E-state index in [1.165, 1.54) is 37.4 Å². The highest BCUT2D eigenvalue weighted by molar-refractivity contribution is 5.98. The number of benzene rings is 2. The van der Waals surface area contributed by atoms with E-state index in [4.69, 9.17) is 9.47 Å². The van der Waals surface area contributed by atoms with Crippen molar-refractivity contribution in [2.75, 3.05) is 7.11 Å². The normalized spacial score (nSPS) is 20.4. The van der Waals surface area contributed by atoms with Gasteiger partial charge in [0.25, 0.3) is 11.8 Å². The number of carbonyl (C=O) groups excluding carboxylic acids is 2. The van der Waals surface area contributed by atoms with E-state index in [1.54, 1.807) is 17.0 Å². The first kappa shape index (κ1) is 24.5. The van der Waals surface area contributed by atoms with Crippen LogP contribution < -0.4 is 14.8 Å². The van der Waals surface area contributed by atoms with Gasteiger partial charge in [-0.1, -0.05) is 0 Å². The van der Waals surface area contributed by atoms with Crippen molar-refractivity contribution in [1.82, 2.24) is 15.2 Å². The maximum absolute atomic E-state index is 14.0. The van der Waals surface area contributed by atoms with Crippen LogP contribution in [-0.2, 0) is 0 Å². The van der Waals surface area contributed by atoms with Gasteiger partial charge in [-0.25, -0.2) is 13.8 Å². The highest BCUT2D eigenvalue weighted by Gasteiger charge is 2.44. The van der Waals surface area contributed by atoms with Crippen molar-refractivity contribution < 1.29 is 33.0 Å². The van der Waals surface area contributed by atoms with Gasteiger partial charge >= 0.3 is 0 Å². The number of aromatic hydroxyl groups is 1. The van der Waals surface area contributed by atoms with E-state index in [-0.39, 0.29) is 52.5 Å². The predicted molar refractivity (Wildman–Crippen MR) is 129 cm³/mol. The van der Waals surface area contributed by atoms with Crippen molar-refractivity contribution in [1.29, 1.82) is 0 Å². The Hall–Kier alpha value is -4.21. The van der Waals surface area contributed by atoms with E-state index in [0.717, 1.165) is 25.1 Å². The number of pyridine rings is 1. The summed E-state index contributed by atoms with van der Waals surface area (Å²) in [4.78, 5) is 32.1. The number of phenolic OH excluding ortho intramolecular Hbond substituents is 1. The SMILES string of the molecule is COc1ccc(C(=O)N2[C@@H]3CC[C@H]2CC(NC(=O)c2cc(F)cnc2Oc2ccc(F)cc2)C3)c(O)c1. The average molecular weight is 510 g/mol. The highest BCUT2D eigenvalue weighted by Crippen LogP contribution is 2.38. The number of methoxy groups -OCH3 is 1. The third-order valence-electron chi connectivity index (χ3n) is 6.83. The van der Waals surface area contributed by atoms with Crippen LogP contribution in [0.15, 0.2) is 54.7 Å². The summed E-state index contributed by atoms with van der Waals surface area (Å²) in [5, 5.41) is 13.3. The predicted octanol–water partition coefficient (Wildman–Crippen LogP) is 4.43. The molecule has 37 heavy (non-hydrogen) atoms. The fourth-order valence-electron chi connectivity index (χ4n) is 5.13. The van der Waals surface area contributed by atoms with Crippen LogP contribution in [0.1, 0.15) is 46.4 Å². The number of hydrogen-bond donors (Lipinski definition) is 2. The minimum absolute atomic E-state index is 0.0849. The molecule has 8 nitrogen and oxygen atoms in total. The molecule has 5 rings (SSSR count). The maximum atomic E-state index is 14.0. The van der Waals surface area contributed by atoms with E-state index < -0.39 is 17.5 Å². The van der Waals surface area contributed by atoms with Gasteiger partial charge in [-0.05, 0) is 68.1 Å². The van der Waals surface area contributed by atoms with Crippen molar-refractivity contribution in [3.8, 4) is 23.1 Å². The number of rotatable bonds is 6. The Morgan fingerprint density at radius 1 is 0.973 bits per heavy atom. The topological polar surface area (TPSA) is 101 Å². The number of fused-ring (bicyclic) bond motifs is 2. The number of nitrogens with zero attached hydrogens (tertiary/aromatic N) is 2. The zero-order valence-electron chi connectivity index (χ0n) is 20.0. The molecule has 3 aromatic rings. The van der Waals surface area contributed by atoms with Gasteiger partial charge in [-0.3, -0.25) is 9.59 Å². The van der Waals surface area contributed by atoms with E-state index in [2.05, 4.69) is 10.3 Å². The Labute approximate surface area is 211 Å². The molecule has 1 unspecified atom stereocenters. The first-order valence-corrected chi connectivity index (χ1v) is 11.9. The molecule has 3 heterocycles. The zero-order valence-corrected chi connectivity index (χ0v) is 20.0. The van der Waals surface area contributed by atoms with Crippen LogP contribution in [0.5, 0.6) is 23.1 Å². The molecule has 2 amide bonds. The molecule has 2 bridgehead atoms. The largest absolute Gasteiger partial charge is 0.507 e. The standard InChI is InChI=1S/C27H25F2N3O5/c1-36-21-8-9-22(24(33)13-21)27(35)32-18-4-5-19(32)12-17(11-18)31-25(34)23-10-16(29)14-30-26(23)37-20-6-2-15(28)3-7-20/h2-3,6-10,13-14,17-19,33H,4-5,11-12H2,1H3,(H,31,34)/t17?,18-,19+. The lowest BCUT2D eigenvalue weighted by molar-refractivity contribution is 0.0546. The molecule has 10 heteroatoms. The summed E-state index contributed by atoms with van der Waals surface area (Å²) in [6.45, 7) is 0. The molecule has 2 fully saturated rings. The molecule has 2 N–H and O–H groups in total. The number of hydrogen-bond acceptors (Lipinski definition) is 6. The Bertz CT molecular complexity index is 1320. The fraction of sp³-hybridized carbons (Fsp3) is 0.296. The Morgan fingerprint density at radius 2 is 1.65 bits per heavy atom. The minimum atomic E-state index is -0.698. The minimum Gasteiger partial charge on any atom is -0.507 e. The molecule has 0 aliphatic carbocycles. The fourth-order valence-corrected chi connectivity index (χ4v) is 5.13. The van der Waals surface area contributed by atoms with Gasteiger partial charge in [0.2, 0.25) is 5.88 Å². The molecule has 2 aromatic carbocycles. The van der Waals surface area contributed by atoms with Crippen molar-refractivity contribution in [2.45, 2.75) is 43.8 Å². The summed E-state index contributed by atoms with van der Waals surface area (Å²) in [5.41, 5.74) is 0.118. The van der Waals surface area contributed by atoms with Crippen molar-refractivity contribution in [2.24, 2.45) is 0 Å². The van der Waals surface area contributed by atoms with Crippen LogP contribution >= 0.6 is 0 Å². The van der Waals surface area contributed by atoms with Crippen LogP contribution in [0.2, 0.25) is 0 Å². The third-order valence-corrected chi connectivity index (χ3v) is 6.83. The smallest absolute Gasteiger partial charge is 0.258 e. The average Bonchev–Trinajstić information content (AvgIpc) is 3.15. The van der Waals surface area contributed by atoms with Gasteiger partial charge in [-0.15, -0.1) is 0 Å². The molecule has 0 saturated carbocycles. The number of piperidine rings is 1. The summed E-state index contributed by atoms with van der Waals surface area (Å²) in [6.07, 6.45) is 3.53. The second-order valence-corrected chi connectivity index (χ2v) is 9.18. The molecule has 192 valence electrons. The van der Waals surface area contributed by atoms with Crippen LogP contribution in [0.4, 0.5) is 8.78 Å². The Kier molecular flexibility index (Phi) is 6.64. The molecule has 2 aliphatic rings. The summed E-state index contributed by atoms with van der Waals surface area (Å²) in [5.74, 6) is -1.50. The van der Waals surface area contributed by atoms with Gasteiger partial charge < -0.3 is 24.8 Å². The zero-order chi connectivity index (χ0) is 26.1. The summed E-state index contributed by atoms with van der Waals surface area (Å²) in [6, 6.07) is 10.3. The highest BCUT2D eigenvalue weighted by atomic mass is 19.1. The van der Waals surface area contributed by atoms with Crippen molar-refractivity contribution >= 4 is 11.8 Å². The molecular formula is C27H25F2N3O5. The quantitative estimate of drug-likeness (QED) is 0.510. The summed E-state index contributed by atoms with van der Waals surface area (Å²) in [7, 11) is 1.48. The second kappa shape index (κ2) is 10.0. The summed E-state index contributed by atoms with van der Waals surface area (Å²) < 4.78 is 37.9. The first-order valence-electron chi connectivity index (χ1n) is 11.9. The summed E-state index contributed by atoms with van der Waals surface area (Å²) >= 11 is 0. The van der Waals surface area contributed by atoms with Gasteiger partial charge in [0, 0.05) is 24.2 Å². The number of aromatic nitrogens is 1. The van der Waals surface area contributed by atoms with Gasteiger partial charge in [0.05, 0.1) is 18.9 Å². The number of nitrogens with one attached hydrogen (secondary N) is 1. The third kappa shape index (κ3) is 5.04. The molecule has 2 aliphatic heterocycles. The van der Waals surface area contributed by atoms with Crippen molar-refractivity contribution in [3.05, 3.63) is 77.5 Å².